The molecular formula is C29H31F6NO10S2. The van der Waals surface area contributed by atoms with Gasteiger partial charge in [-0.3, -0.25) is 13.4 Å². The van der Waals surface area contributed by atoms with Crippen LogP contribution in [0.1, 0.15) is 22.5 Å². The van der Waals surface area contributed by atoms with Crippen molar-refractivity contribution in [3.05, 3.63) is 89.2 Å². The van der Waals surface area contributed by atoms with Crippen molar-refractivity contribution < 1.29 is 70.5 Å². The minimum Gasteiger partial charge on any atom is -0.377 e. The Labute approximate surface area is 272 Å². The van der Waals surface area contributed by atoms with Crippen LogP contribution in [0, 0.1) is 0 Å². The van der Waals surface area contributed by atoms with Gasteiger partial charge in [-0.25, -0.2) is 0 Å². The van der Waals surface area contributed by atoms with Gasteiger partial charge >= 0.3 is 12.4 Å². The Morgan fingerprint density at radius 2 is 0.812 bits per heavy atom. The summed E-state index contributed by atoms with van der Waals surface area (Å²) in [6.07, 6.45) is -9.18. The highest BCUT2D eigenvalue weighted by molar-refractivity contribution is 7.87. The highest BCUT2D eigenvalue weighted by Gasteiger charge is 2.31. The molecule has 2 aromatic carbocycles. The topological polar surface area (TPSA) is 137 Å². The van der Waals surface area contributed by atoms with Gasteiger partial charge in [-0.05, 0) is 60.7 Å². The molecule has 0 aliphatic heterocycles. The van der Waals surface area contributed by atoms with E-state index in [1.54, 1.807) is 18.2 Å². The zero-order valence-electron chi connectivity index (χ0n) is 25.0. The number of hydrogen-bond donors (Lipinski definition) is 0. The lowest BCUT2D eigenvalue weighted by Crippen LogP contribution is -2.14. The normalized spacial score (nSPS) is 12.8. The molecule has 0 saturated heterocycles. The molecule has 1 aromatic heterocycles. The Kier molecular flexibility index (Phi) is 14.7. The fraction of sp³-hybridized carbons (Fsp3) is 0.414. The monoisotopic (exact) mass is 731 g/mol. The molecule has 266 valence electrons. The molecule has 0 aliphatic carbocycles. The zero-order chi connectivity index (χ0) is 35.3. The summed E-state index contributed by atoms with van der Waals surface area (Å²) >= 11 is 0. The number of benzene rings is 2. The minimum atomic E-state index is -4.59. The summed E-state index contributed by atoms with van der Waals surface area (Å²) in [6, 6.07) is 11.1. The number of rotatable bonds is 20. The van der Waals surface area contributed by atoms with E-state index in [1.165, 1.54) is 0 Å². The average Bonchev–Trinajstić information content (AvgIpc) is 3.03. The second-order valence-corrected chi connectivity index (χ2v) is 12.8. The van der Waals surface area contributed by atoms with Crippen molar-refractivity contribution in [2.24, 2.45) is 0 Å². The summed E-state index contributed by atoms with van der Waals surface area (Å²) in [5.41, 5.74) is -0.757. The van der Waals surface area contributed by atoms with Crippen molar-refractivity contribution in [2.45, 2.75) is 35.4 Å². The van der Waals surface area contributed by atoms with Gasteiger partial charge in [0.1, 0.15) is 0 Å². The Morgan fingerprint density at radius 1 is 0.479 bits per heavy atom. The molecule has 3 aromatic rings. The Bertz CT molecular complexity index is 1520. The van der Waals surface area contributed by atoms with Crippen LogP contribution >= 0.6 is 0 Å². The van der Waals surface area contributed by atoms with Crippen LogP contribution in [0.4, 0.5) is 26.3 Å². The van der Waals surface area contributed by atoms with Gasteiger partial charge in [0.2, 0.25) is 0 Å². The second kappa shape index (κ2) is 18.0. The van der Waals surface area contributed by atoms with E-state index in [9.17, 15) is 43.2 Å². The molecule has 0 saturated carbocycles. The van der Waals surface area contributed by atoms with E-state index in [2.05, 4.69) is 4.98 Å². The summed E-state index contributed by atoms with van der Waals surface area (Å²) in [5.74, 6) is 0. The molecule has 0 atom stereocenters. The highest BCUT2D eigenvalue weighted by Crippen LogP contribution is 2.31. The van der Waals surface area contributed by atoms with E-state index in [0.717, 1.165) is 24.3 Å². The summed E-state index contributed by atoms with van der Waals surface area (Å²) < 4.78 is 155. The molecule has 0 aliphatic rings. The molecular weight excluding hydrogens is 700 g/mol. The lowest BCUT2D eigenvalue weighted by atomic mass is 10.2. The van der Waals surface area contributed by atoms with Crippen LogP contribution in [-0.4, -0.2) is 74.7 Å². The Balaban J connectivity index is 1.22. The number of pyridine rings is 1. The minimum absolute atomic E-state index is 0.104. The van der Waals surface area contributed by atoms with E-state index < -0.39 is 53.5 Å². The first kappa shape index (κ1) is 39.3. The van der Waals surface area contributed by atoms with E-state index in [4.69, 9.17) is 27.3 Å². The number of nitrogens with zero attached hydrogens (tertiary/aromatic N) is 1. The molecule has 0 fully saturated rings. The molecule has 0 spiro atoms. The third kappa shape index (κ3) is 13.4. The van der Waals surface area contributed by atoms with Crippen molar-refractivity contribution in [3.8, 4) is 0 Å². The van der Waals surface area contributed by atoms with Crippen molar-refractivity contribution in [1.82, 2.24) is 4.98 Å². The summed E-state index contributed by atoms with van der Waals surface area (Å²) in [5, 5.41) is 0. The van der Waals surface area contributed by atoms with Gasteiger partial charge < -0.3 is 18.9 Å². The van der Waals surface area contributed by atoms with Crippen LogP contribution < -0.4 is 0 Å². The molecule has 0 N–H and O–H groups in total. The molecule has 0 unspecified atom stereocenters. The molecule has 1 heterocycles. The second-order valence-electron chi connectivity index (χ2n) is 9.55. The van der Waals surface area contributed by atoms with Gasteiger partial charge in [0.05, 0.1) is 98.4 Å². The molecule has 11 nitrogen and oxygen atoms in total. The number of ether oxygens (including phenoxy) is 4. The van der Waals surface area contributed by atoms with Gasteiger partial charge in [0.15, 0.2) is 0 Å². The predicted molar refractivity (Wildman–Crippen MR) is 154 cm³/mol. The smallest absolute Gasteiger partial charge is 0.377 e. The lowest BCUT2D eigenvalue weighted by Gasteiger charge is -2.10. The van der Waals surface area contributed by atoms with Gasteiger partial charge in [-0.2, -0.15) is 43.2 Å². The Hall–Kier alpha value is -3.17. The SMILES string of the molecule is O=S(=O)(OCCOCCOCc1cccc(COCCOCCOS(=O)(=O)c2ccc(C(F)(F)F)cc2)n1)c1ccc(C(F)(F)F)cc1. The number of halogens is 6. The fourth-order valence-electron chi connectivity index (χ4n) is 3.65. The first-order valence-electron chi connectivity index (χ1n) is 14.0. The quantitative estimate of drug-likeness (QED) is 0.0883. The molecule has 0 bridgehead atoms. The third-order valence-corrected chi connectivity index (χ3v) is 8.63. The maximum atomic E-state index is 12.6. The molecule has 0 amide bonds. The van der Waals surface area contributed by atoms with Gasteiger partial charge in [-0.15, -0.1) is 0 Å². The fourth-order valence-corrected chi connectivity index (χ4v) is 5.43. The van der Waals surface area contributed by atoms with Crippen LogP contribution in [-0.2, 0) is 73.1 Å². The summed E-state index contributed by atoms with van der Waals surface area (Å²) in [4.78, 5) is 3.57. The number of aromatic nitrogens is 1. The van der Waals surface area contributed by atoms with E-state index in [1.807, 2.05) is 0 Å². The van der Waals surface area contributed by atoms with Crippen LogP contribution in [0.5, 0.6) is 0 Å². The predicted octanol–water partition coefficient (Wildman–Crippen LogP) is 5.00. The van der Waals surface area contributed by atoms with Crippen LogP contribution in [0.25, 0.3) is 0 Å². The van der Waals surface area contributed by atoms with Crippen molar-refractivity contribution in [2.75, 3.05) is 52.9 Å². The first-order valence-corrected chi connectivity index (χ1v) is 16.8. The largest absolute Gasteiger partial charge is 0.416 e. The number of hydrogen-bond acceptors (Lipinski definition) is 11. The average molecular weight is 732 g/mol. The van der Waals surface area contributed by atoms with Crippen LogP contribution in [0.2, 0.25) is 0 Å². The molecule has 3 rings (SSSR count). The molecule has 0 radical (unpaired) electrons. The number of alkyl halides is 6. The lowest BCUT2D eigenvalue weighted by molar-refractivity contribution is -0.138. The highest BCUT2D eigenvalue weighted by atomic mass is 32.2. The summed E-state index contributed by atoms with van der Waals surface area (Å²) in [7, 11) is -8.49. The van der Waals surface area contributed by atoms with Crippen molar-refractivity contribution in [1.29, 1.82) is 0 Å². The van der Waals surface area contributed by atoms with E-state index in [0.29, 0.717) is 35.7 Å². The van der Waals surface area contributed by atoms with Gasteiger partial charge in [0, 0.05) is 0 Å². The molecule has 48 heavy (non-hydrogen) atoms. The maximum Gasteiger partial charge on any atom is 0.416 e. The van der Waals surface area contributed by atoms with E-state index >= 15 is 0 Å². The van der Waals surface area contributed by atoms with Crippen LogP contribution in [0.15, 0.2) is 76.5 Å². The first-order chi connectivity index (χ1) is 22.6. The van der Waals surface area contributed by atoms with Gasteiger partial charge in [0.25, 0.3) is 20.2 Å². The summed E-state index contributed by atoms with van der Waals surface area (Å²) in [6.45, 7) is -0.0829. The molecule has 19 heteroatoms. The third-order valence-electron chi connectivity index (χ3n) is 5.98. The Morgan fingerprint density at radius 3 is 1.17 bits per heavy atom. The zero-order valence-corrected chi connectivity index (χ0v) is 26.7. The van der Waals surface area contributed by atoms with Gasteiger partial charge in [-0.1, -0.05) is 6.07 Å². The maximum absolute atomic E-state index is 12.6. The van der Waals surface area contributed by atoms with Crippen molar-refractivity contribution >= 4 is 20.2 Å². The van der Waals surface area contributed by atoms with Crippen LogP contribution in [0.3, 0.4) is 0 Å². The van der Waals surface area contributed by atoms with Crippen molar-refractivity contribution in [3.63, 3.8) is 0 Å². The standard InChI is InChI=1S/C29H31F6NO10S2/c30-28(31,32)22-4-8-26(9-5-22)47(37,38)45-18-16-41-12-14-43-20-24-2-1-3-25(36-24)21-44-15-13-42-17-19-46-48(39,40)27-10-6-23(7-11-27)29(33,34)35/h1-11H,12-21H2. The van der Waals surface area contributed by atoms with E-state index in [-0.39, 0.29) is 66.1 Å².